The molecule has 2 aromatic carbocycles. The molecule has 8 heteroatoms. The number of aromatic nitrogens is 2. The van der Waals surface area contributed by atoms with Crippen LogP contribution >= 0.6 is 11.9 Å². The van der Waals surface area contributed by atoms with Crippen LogP contribution in [-0.4, -0.2) is 14.8 Å². The number of fused-ring (bicyclic) bond motifs is 1. The first-order valence-electron chi connectivity index (χ1n) is 14.3. The molecule has 0 saturated heterocycles. The number of nitrogens with zero attached hydrogens (tertiary/aromatic N) is 3. The Bertz CT molecular complexity index is 1390. The molecule has 39 heavy (non-hydrogen) atoms. The highest BCUT2D eigenvalue weighted by atomic mass is 32.2. The first-order valence-corrected chi connectivity index (χ1v) is 15.2. The Hall–Kier alpha value is -3.05. The van der Waals surface area contributed by atoms with Crippen LogP contribution in [0.5, 0.6) is 11.5 Å². The van der Waals surface area contributed by atoms with Crippen LogP contribution in [0.2, 0.25) is 0 Å². The summed E-state index contributed by atoms with van der Waals surface area (Å²) in [6.45, 7) is 8.43. The first kappa shape index (κ1) is 28.9. The van der Waals surface area contributed by atoms with Gasteiger partial charge in [0.15, 0.2) is 11.6 Å². The van der Waals surface area contributed by atoms with Gasteiger partial charge in [0.05, 0.1) is 22.9 Å². The number of ether oxygens (including phenoxy) is 1. The average Bonchev–Trinajstić information content (AvgIpc) is 3.46. The highest BCUT2D eigenvalue weighted by Crippen LogP contribution is 2.53. The minimum Gasteiger partial charge on any atom is -0.453 e. The van der Waals surface area contributed by atoms with E-state index in [1.807, 2.05) is 13.8 Å². The second-order valence-corrected chi connectivity index (χ2v) is 11.5. The monoisotopic (exact) mass is 550 g/mol. The van der Waals surface area contributed by atoms with Gasteiger partial charge in [-0.2, -0.15) is 5.26 Å². The van der Waals surface area contributed by atoms with E-state index in [0.717, 1.165) is 38.5 Å². The summed E-state index contributed by atoms with van der Waals surface area (Å²) in [5, 5.41) is 10.7. The molecule has 0 spiro atoms. The topological polar surface area (TPSA) is 79.9 Å². The van der Waals surface area contributed by atoms with Crippen molar-refractivity contribution in [1.29, 1.82) is 5.26 Å². The molecular formula is C31H39FN4O2S. The SMILES string of the molecule is CC.CCCC1(CC)CC(n2cnc3ccc(Oc4c(F)ccc(NSC5CCCC5)c4C#N)cc3c2=O)C1. The summed E-state index contributed by atoms with van der Waals surface area (Å²) in [6.07, 6.45) is 11.7. The summed E-state index contributed by atoms with van der Waals surface area (Å²) >= 11 is 1.58. The molecule has 1 aromatic heterocycles. The maximum Gasteiger partial charge on any atom is 0.261 e. The van der Waals surface area contributed by atoms with Gasteiger partial charge in [-0.25, -0.2) is 9.37 Å². The average molecular weight is 551 g/mol. The number of nitrogens with one attached hydrogen (secondary N) is 1. The number of nitriles is 1. The van der Waals surface area contributed by atoms with Crippen LogP contribution in [0.3, 0.4) is 0 Å². The Morgan fingerprint density at radius 3 is 2.62 bits per heavy atom. The first-order chi connectivity index (χ1) is 19.0. The molecule has 2 aliphatic carbocycles. The van der Waals surface area contributed by atoms with Gasteiger partial charge in [0.1, 0.15) is 17.4 Å². The maximum atomic E-state index is 14.8. The number of hydrogen-bond acceptors (Lipinski definition) is 6. The van der Waals surface area contributed by atoms with Gasteiger partial charge in [-0.15, -0.1) is 0 Å². The molecule has 0 aliphatic heterocycles. The fourth-order valence-corrected chi connectivity index (χ4v) is 6.93. The Kier molecular flexibility index (Phi) is 9.55. The molecule has 3 aromatic rings. The lowest BCUT2D eigenvalue weighted by molar-refractivity contribution is 0.0447. The molecule has 0 unspecified atom stereocenters. The molecule has 2 saturated carbocycles. The number of benzene rings is 2. The fraction of sp³-hybridized carbons (Fsp3) is 0.516. The lowest BCUT2D eigenvalue weighted by Crippen LogP contribution is -2.41. The van der Waals surface area contributed by atoms with Gasteiger partial charge in [0.2, 0.25) is 0 Å². The third kappa shape index (κ3) is 6.09. The lowest BCUT2D eigenvalue weighted by atomic mass is 9.61. The van der Waals surface area contributed by atoms with Crippen LogP contribution < -0.4 is 15.0 Å². The quantitative estimate of drug-likeness (QED) is 0.268. The predicted molar refractivity (Wildman–Crippen MR) is 158 cm³/mol. The third-order valence-electron chi connectivity index (χ3n) is 8.09. The second kappa shape index (κ2) is 12.9. The van der Waals surface area contributed by atoms with Crippen LogP contribution in [0.15, 0.2) is 41.5 Å². The maximum absolute atomic E-state index is 14.8. The largest absolute Gasteiger partial charge is 0.453 e. The Morgan fingerprint density at radius 2 is 1.95 bits per heavy atom. The van der Waals surface area contributed by atoms with Crippen molar-refractivity contribution in [2.24, 2.45) is 5.41 Å². The Morgan fingerprint density at radius 1 is 1.21 bits per heavy atom. The number of hydrogen-bond donors (Lipinski definition) is 1. The zero-order chi connectivity index (χ0) is 28.0. The molecule has 2 aliphatic rings. The van der Waals surface area contributed by atoms with Gasteiger partial charge in [0, 0.05) is 11.3 Å². The van der Waals surface area contributed by atoms with Gasteiger partial charge >= 0.3 is 0 Å². The van der Waals surface area contributed by atoms with Crippen LogP contribution in [0, 0.1) is 22.6 Å². The van der Waals surface area contributed by atoms with Gasteiger partial charge in [-0.1, -0.05) is 53.4 Å². The normalized spacial score (nSPS) is 20.6. The Balaban J connectivity index is 0.00000172. The summed E-state index contributed by atoms with van der Waals surface area (Å²) in [7, 11) is 0. The summed E-state index contributed by atoms with van der Waals surface area (Å²) in [6, 6.07) is 10.1. The fourth-order valence-electron chi connectivity index (χ4n) is 5.90. The number of rotatable bonds is 9. The smallest absolute Gasteiger partial charge is 0.261 e. The molecule has 0 atom stereocenters. The molecule has 0 amide bonds. The Labute approximate surface area is 235 Å². The predicted octanol–water partition coefficient (Wildman–Crippen LogP) is 8.76. The van der Waals surface area contributed by atoms with Crippen LogP contribution in [-0.2, 0) is 0 Å². The molecule has 2 fully saturated rings. The van der Waals surface area contributed by atoms with E-state index in [0.29, 0.717) is 33.0 Å². The van der Waals surface area contributed by atoms with E-state index in [1.165, 1.54) is 25.3 Å². The van der Waals surface area contributed by atoms with Crippen LogP contribution in [0.4, 0.5) is 10.1 Å². The second-order valence-electron chi connectivity index (χ2n) is 10.4. The van der Waals surface area contributed by atoms with Crippen molar-refractivity contribution < 1.29 is 9.13 Å². The zero-order valence-corrected chi connectivity index (χ0v) is 24.2. The zero-order valence-electron chi connectivity index (χ0n) is 23.4. The van der Waals surface area contributed by atoms with Gasteiger partial charge in [-0.05, 0) is 79.8 Å². The van der Waals surface area contributed by atoms with Crippen molar-refractivity contribution >= 4 is 28.5 Å². The van der Waals surface area contributed by atoms with Gasteiger partial charge < -0.3 is 9.46 Å². The van der Waals surface area contributed by atoms with Crippen molar-refractivity contribution in [2.75, 3.05) is 4.72 Å². The van der Waals surface area contributed by atoms with Crippen molar-refractivity contribution in [2.45, 2.75) is 96.8 Å². The highest BCUT2D eigenvalue weighted by Gasteiger charge is 2.43. The lowest BCUT2D eigenvalue weighted by Gasteiger charge is -2.48. The standard InChI is InChI=1S/C29H33FN4O2S.C2H6/c1-3-13-29(4-2)15-19(16-29)34-18-32-25-11-9-20(14-22(25)28(34)35)36-27-23(17-31)26(12-10-24(27)30)33-37-21-7-5-6-8-21;1-2/h9-12,14,18-19,21,33H,3-8,13,15-16H2,1-2H3;1-2H3. The number of anilines is 1. The van der Waals surface area contributed by atoms with Crippen molar-refractivity contribution in [3.63, 3.8) is 0 Å². The molecule has 0 bridgehead atoms. The summed E-state index contributed by atoms with van der Waals surface area (Å²) in [4.78, 5) is 17.9. The molecule has 208 valence electrons. The van der Waals surface area contributed by atoms with Crippen LogP contribution in [0.1, 0.15) is 97.1 Å². The highest BCUT2D eigenvalue weighted by molar-refractivity contribution is 8.01. The van der Waals surface area contributed by atoms with E-state index >= 15 is 0 Å². The van der Waals surface area contributed by atoms with E-state index < -0.39 is 5.82 Å². The summed E-state index contributed by atoms with van der Waals surface area (Å²) in [5.41, 5.74) is 1.39. The minimum atomic E-state index is -0.627. The molecule has 6 nitrogen and oxygen atoms in total. The van der Waals surface area contributed by atoms with Crippen molar-refractivity contribution in [1.82, 2.24) is 9.55 Å². The van der Waals surface area contributed by atoms with E-state index in [4.69, 9.17) is 4.74 Å². The van der Waals surface area contributed by atoms with Crippen molar-refractivity contribution in [3.8, 4) is 17.6 Å². The summed E-state index contributed by atoms with van der Waals surface area (Å²) in [5.74, 6) is -0.477. The minimum absolute atomic E-state index is 0.107. The summed E-state index contributed by atoms with van der Waals surface area (Å²) < 4.78 is 25.7. The van der Waals surface area contributed by atoms with Crippen molar-refractivity contribution in [3.05, 3.63) is 58.4 Å². The number of halogens is 1. The van der Waals surface area contributed by atoms with E-state index in [9.17, 15) is 14.4 Å². The molecule has 1 heterocycles. The van der Waals surface area contributed by atoms with E-state index in [1.54, 1.807) is 47.1 Å². The van der Waals surface area contributed by atoms with E-state index in [-0.39, 0.29) is 22.9 Å². The molecule has 1 N–H and O–H groups in total. The van der Waals surface area contributed by atoms with E-state index in [2.05, 4.69) is 29.6 Å². The molecule has 5 rings (SSSR count). The molecule has 0 radical (unpaired) electrons. The molecular weight excluding hydrogens is 511 g/mol. The third-order valence-corrected chi connectivity index (χ3v) is 9.24. The van der Waals surface area contributed by atoms with Gasteiger partial charge in [0.25, 0.3) is 5.56 Å². The van der Waals surface area contributed by atoms with Gasteiger partial charge in [-0.3, -0.25) is 9.36 Å². The van der Waals surface area contributed by atoms with Crippen LogP contribution in [0.25, 0.3) is 10.9 Å².